The Morgan fingerprint density at radius 2 is 1.50 bits per heavy atom. The van der Waals surface area contributed by atoms with Crippen molar-refractivity contribution in [3.05, 3.63) is 12.2 Å². The van der Waals surface area contributed by atoms with Crippen LogP contribution in [-0.4, -0.2) is 33.6 Å². The van der Waals surface area contributed by atoms with E-state index in [4.69, 9.17) is 0 Å². The molecule has 0 aromatic rings. The monoisotopic (exact) mass is 472 g/mol. The lowest BCUT2D eigenvalue weighted by molar-refractivity contribution is -0.162. The molecule has 0 aromatic heterocycles. The Kier molecular flexibility index (Phi) is 5.63. The van der Waals surface area contributed by atoms with Gasteiger partial charge in [0.05, 0.1) is 18.3 Å². The molecule has 5 rings (SSSR count). The lowest BCUT2D eigenvalue weighted by Gasteiger charge is -2.63. The van der Waals surface area contributed by atoms with E-state index in [0.717, 1.165) is 18.4 Å². The summed E-state index contributed by atoms with van der Waals surface area (Å²) in [5.41, 5.74) is 2.08. The molecular formula is C31H52O3. The lowest BCUT2D eigenvalue weighted by atomic mass is 9.41. The number of aliphatic hydroxyl groups excluding tert-OH is 3. The Bertz CT molecular complexity index is 848. The second-order valence-corrected chi connectivity index (χ2v) is 15.1. The second kappa shape index (κ2) is 7.57. The first kappa shape index (κ1) is 25.3. The Balaban J connectivity index is 1.43. The highest BCUT2D eigenvalue weighted by Crippen LogP contribution is 2.89. The Morgan fingerprint density at radius 1 is 0.882 bits per heavy atom. The van der Waals surface area contributed by atoms with Crippen LogP contribution in [0.25, 0.3) is 0 Å². The van der Waals surface area contributed by atoms with E-state index in [2.05, 4.69) is 55.0 Å². The van der Waals surface area contributed by atoms with Crippen LogP contribution in [0.15, 0.2) is 12.2 Å². The first-order valence-electron chi connectivity index (χ1n) is 14.4. The van der Waals surface area contributed by atoms with Crippen LogP contribution >= 0.6 is 0 Å². The first-order valence-corrected chi connectivity index (χ1v) is 14.4. The number of hydrogen-bond acceptors (Lipinski definition) is 3. The zero-order valence-electron chi connectivity index (χ0n) is 23.0. The highest BCUT2D eigenvalue weighted by Gasteiger charge is 2.82. The van der Waals surface area contributed by atoms with Crippen molar-refractivity contribution in [3.63, 3.8) is 0 Å². The first-order chi connectivity index (χ1) is 15.7. The molecule has 5 aliphatic carbocycles. The molecule has 5 fully saturated rings. The van der Waals surface area contributed by atoms with Crippen molar-refractivity contribution in [2.24, 2.45) is 56.7 Å². The SMILES string of the molecule is C=C(C(C)C)[C@@H](O)C[C@H](C)[C@H]1[C@@H](O)C[C@@]2(C)[C@@H]3CC[C@H]4C(C)(C)[C@@H](O)CC[C@@]45C[C@@]35CC[C@]12C. The second-order valence-electron chi connectivity index (χ2n) is 15.1. The van der Waals surface area contributed by atoms with Crippen LogP contribution in [-0.2, 0) is 0 Å². The third kappa shape index (κ3) is 2.93. The maximum atomic E-state index is 11.6. The molecule has 11 atom stereocenters. The summed E-state index contributed by atoms with van der Waals surface area (Å²) in [5, 5.41) is 33.3. The molecule has 5 saturated carbocycles. The fraction of sp³-hybridized carbons (Fsp3) is 0.935. The van der Waals surface area contributed by atoms with Crippen LogP contribution in [0.1, 0.15) is 106 Å². The summed E-state index contributed by atoms with van der Waals surface area (Å²) in [6, 6.07) is 0. The summed E-state index contributed by atoms with van der Waals surface area (Å²) in [5.74, 6) is 2.12. The predicted molar refractivity (Wildman–Crippen MR) is 138 cm³/mol. The van der Waals surface area contributed by atoms with E-state index in [-0.39, 0.29) is 46.2 Å². The minimum atomic E-state index is -0.481. The van der Waals surface area contributed by atoms with Gasteiger partial charge >= 0.3 is 0 Å². The third-order valence-electron chi connectivity index (χ3n) is 13.5. The van der Waals surface area contributed by atoms with E-state index in [0.29, 0.717) is 29.1 Å². The van der Waals surface area contributed by atoms with Crippen LogP contribution in [0, 0.1) is 56.7 Å². The summed E-state index contributed by atoms with van der Waals surface area (Å²) in [6.45, 7) is 20.3. The molecule has 3 heteroatoms. The smallest absolute Gasteiger partial charge is 0.0752 e. The summed E-state index contributed by atoms with van der Waals surface area (Å²) < 4.78 is 0. The highest BCUT2D eigenvalue weighted by molar-refractivity contribution is 5.31. The van der Waals surface area contributed by atoms with Gasteiger partial charge in [0.15, 0.2) is 0 Å². The normalized spacial score (nSPS) is 52.7. The maximum Gasteiger partial charge on any atom is 0.0752 e. The van der Waals surface area contributed by atoms with Crippen molar-refractivity contribution in [1.29, 1.82) is 0 Å². The Hall–Kier alpha value is -0.380. The summed E-state index contributed by atoms with van der Waals surface area (Å²) in [4.78, 5) is 0. The van der Waals surface area contributed by atoms with Gasteiger partial charge in [0.25, 0.3) is 0 Å². The van der Waals surface area contributed by atoms with Crippen molar-refractivity contribution >= 4 is 0 Å². The zero-order valence-corrected chi connectivity index (χ0v) is 23.0. The van der Waals surface area contributed by atoms with Crippen LogP contribution < -0.4 is 0 Å². The van der Waals surface area contributed by atoms with Crippen molar-refractivity contribution < 1.29 is 15.3 Å². The summed E-state index contributed by atoms with van der Waals surface area (Å²) in [7, 11) is 0. The number of hydrogen-bond donors (Lipinski definition) is 3. The highest BCUT2D eigenvalue weighted by atomic mass is 16.3. The minimum absolute atomic E-state index is 0.0234. The minimum Gasteiger partial charge on any atom is -0.393 e. The van der Waals surface area contributed by atoms with E-state index in [1.54, 1.807) is 0 Å². The van der Waals surface area contributed by atoms with Crippen LogP contribution in [0.2, 0.25) is 0 Å². The Morgan fingerprint density at radius 3 is 2.15 bits per heavy atom. The zero-order chi connectivity index (χ0) is 25.1. The predicted octanol–water partition coefficient (Wildman–Crippen LogP) is 6.36. The molecule has 194 valence electrons. The Labute approximate surface area is 208 Å². The van der Waals surface area contributed by atoms with Gasteiger partial charge in [-0.25, -0.2) is 0 Å². The summed E-state index contributed by atoms with van der Waals surface area (Å²) >= 11 is 0. The molecule has 3 N–H and O–H groups in total. The number of fused-ring (bicyclic) bond motifs is 2. The molecule has 0 radical (unpaired) electrons. The van der Waals surface area contributed by atoms with Gasteiger partial charge in [-0.2, -0.15) is 0 Å². The van der Waals surface area contributed by atoms with Gasteiger partial charge in [-0.05, 0) is 120 Å². The molecule has 0 amide bonds. The molecule has 2 spiro atoms. The molecule has 0 bridgehead atoms. The third-order valence-corrected chi connectivity index (χ3v) is 13.5. The largest absolute Gasteiger partial charge is 0.393 e. The molecule has 0 aromatic carbocycles. The van der Waals surface area contributed by atoms with Gasteiger partial charge in [0.2, 0.25) is 0 Å². The van der Waals surface area contributed by atoms with Crippen LogP contribution in [0.5, 0.6) is 0 Å². The van der Waals surface area contributed by atoms with Gasteiger partial charge < -0.3 is 15.3 Å². The fourth-order valence-corrected chi connectivity index (χ4v) is 11.5. The van der Waals surface area contributed by atoms with E-state index >= 15 is 0 Å². The molecular weight excluding hydrogens is 420 g/mol. The molecule has 0 saturated heterocycles. The molecule has 34 heavy (non-hydrogen) atoms. The van der Waals surface area contributed by atoms with Crippen molar-refractivity contribution in [1.82, 2.24) is 0 Å². The van der Waals surface area contributed by atoms with Crippen molar-refractivity contribution in [2.75, 3.05) is 0 Å². The standard InChI is InChI=1S/C31H52O3/c1-18(2)20(4)21(32)15-19(3)26-22(33)16-29(8)24-10-9-23-27(5,6)25(34)11-12-30(23)17-31(24,30)14-13-28(26,29)7/h18-19,21-26,32-34H,4,9-17H2,1-3,5-8H3/t19-,21-,22-,23-,24-,25-,26-,28+,29-,30+,31-/m0/s1. The molecule has 3 nitrogen and oxygen atoms in total. The quantitative estimate of drug-likeness (QED) is 0.408. The number of aliphatic hydroxyl groups is 3. The average Bonchev–Trinajstić information content (AvgIpc) is 3.35. The van der Waals surface area contributed by atoms with Crippen molar-refractivity contribution in [2.45, 2.75) is 125 Å². The number of rotatable bonds is 5. The average molecular weight is 473 g/mol. The van der Waals surface area contributed by atoms with Gasteiger partial charge in [0, 0.05) is 0 Å². The van der Waals surface area contributed by atoms with E-state index in [1.165, 1.54) is 38.5 Å². The lowest BCUT2D eigenvalue weighted by Crippen LogP contribution is -2.57. The maximum absolute atomic E-state index is 11.6. The molecule has 0 unspecified atom stereocenters. The molecule has 0 aliphatic heterocycles. The van der Waals surface area contributed by atoms with E-state index in [1.807, 2.05) is 0 Å². The van der Waals surface area contributed by atoms with Crippen LogP contribution in [0.4, 0.5) is 0 Å². The topological polar surface area (TPSA) is 60.7 Å². The van der Waals surface area contributed by atoms with E-state index < -0.39 is 6.10 Å². The molecule has 5 aliphatic rings. The van der Waals surface area contributed by atoms with Gasteiger partial charge in [-0.15, -0.1) is 0 Å². The van der Waals surface area contributed by atoms with Gasteiger partial charge in [-0.3, -0.25) is 0 Å². The van der Waals surface area contributed by atoms with Crippen LogP contribution in [0.3, 0.4) is 0 Å². The molecule has 0 heterocycles. The fourth-order valence-electron chi connectivity index (χ4n) is 11.5. The van der Waals surface area contributed by atoms with Gasteiger partial charge in [-0.1, -0.05) is 55.0 Å². The van der Waals surface area contributed by atoms with Crippen molar-refractivity contribution in [3.8, 4) is 0 Å². The van der Waals surface area contributed by atoms with E-state index in [9.17, 15) is 15.3 Å². The van der Waals surface area contributed by atoms with Gasteiger partial charge in [0.1, 0.15) is 0 Å². The summed E-state index contributed by atoms with van der Waals surface area (Å²) in [6.07, 6.45) is 9.23.